The molecule has 0 aliphatic carbocycles. The molecule has 1 fully saturated rings. The van der Waals surface area contributed by atoms with Crippen LogP contribution in [-0.2, 0) is 16.0 Å². The highest BCUT2D eigenvalue weighted by atomic mass is 35.5. The van der Waals surface area contributed by atoms with Crippen molar-refractivity contribution in [1.29, 1.82) is 0 Å². The van der Waals surface area contributed by atoms with Crippen LogP contribution in [0.25, 0.3) is 10.8 Å². The summed E-state index contributed by atoms with van der Waals surface area (Å²) in [6.07, 6.45) is 2.35. The number of carbonyl (C=O) groups excluding carboxylic acids is 1. The number of halogens is 1. The van der Waals surface area contributed by atoms with Crippen LogP contribution in [-0.4, -0.2) is 43.2 Å². The lowest BCUT2D eigenvalue weighted by Crippen LogP contribution is -2.51. The van der Waals surface area contributed by atoms with Crippen molar-refractivity contribution in [2.24, 2.45) is 5.73 Å². The van der Waals surface area contributed by atoms with E-state index in [1.165, 1.54) is 5.39 Å². The van der Waals surface area contributed by atoms with Crippen LogP contribution in [0.4, 0.5) is 0 Å². The van der Waals surface area contributed by atoms with E-state index in [1.54, 1.807) is 7.11 Å². The molecule has 5 heteroatoms. The van der Waals surface area contributed by atoms with E-state index in [4.69, 9.17) is 10.5 Å². The lowest BCUT2D eigenvalue weighted by molar-refractivity contribution is -0.136. The zero-order valence-electron chi connectivity index (χ0n) is 14.0. The van der Waals surface area contributed by atoms with Gasteiger partial charge in [0.2, 0.25) is 5.91 Å². The van der Waals surface area contributed by atoms with Gasteiger partial charge in [-0.1, -0.05) is 42.5 Å². The van der Waals surface area contributed by atoms with E-state index in [1.807, 2.05) is 29.2 Å². The predicted octanol–water partition coefficient (Wildman–Crippen LogP) is 2.77. The fraction of sp³-hybridized carbons (Fsp3) is 0.421. The molecule has 0 bridgehead atoms. The van der Waals surface area contributed by atoms with Gasteiger partial charge < -0.3 is 15.4 Å². The second kappa shape index (κ2) is 8.47. The molecule has 0 aromatic heterocycles. The lowest BCUT2D eigenvalue weighted by atomic mass is 9.97. The third kappa shape index (κ3) is 3.89. The van der Waals surface area contributed by atoms with Gasteiger partial charge in [0.1, 0.15) is 0 Å². The van der Waals surface area contributed by atoms with E-state index >= 15 is 0 Å². The molecule has 4 nitrogen and oxygen atoms in total. The number of likely N-dealkylation sites (tertiary alicyclic amines) is 1. The van der Waals surface area contributed by atoms with Crippen molar-refractivity contribution in [3.63, 3.8) is 0 Å². The molecule has 24 heavy (non-hydrogen) atoms. The Bertz CT molecular complexity index is 687. The summed E-state index contributed by atoms with van der Waals surface area (Å²) in [4.78, 5) is 14.7. The summed E-state index contributed by atoms with van der Waals surface area (Å²) in [5, 5.41) is 2.32. The Labute approximate surface area is 149 Å². The molecular weight excluding hydrogens is 324 g/mol. The second-order valence-corrected chi connectivity index (χ2v) is 6.17. The van der Waals surface area contributed by atoms with E-state index in [9.17, 15) is 4.79 Å². The first-order valence-corrected chi connectivity index (χ1v) is 8.22. The number of nitrogens with zero attached hydrogens (tertiary/aromatic N) is 1. The summed E-state index contributed by atoms with van der Waals surface area (Å²) in [5.74, 6) is 0.159. The Morgan fingerprint density at radius 3 is 2.75 bits per heavy atom. The van der Waals surface area contributed by atoms with Crippen LogP contribution in [0.5, 0.6) is 0 Å². The number of carbonyl (C=O) groups is 1. The molecular formula is C19H25ClN2O2. The molecule has 1 aliphatic heterocycles. The number of ether oxygens (including phenoxy) is 1. The monoisotopic (exact) mass is 348 g/mol. The topological polar surface area (TPSA) is 55.6 Å². The van der Waals surface area contributed by atoms with Gasteiger partial charge in [-0.3, -0.25) is 4.79 Å². The maximum Gasteiger partial charge on any atom is 0.227 e. The molecule has 1 saturated heterocycles. The van der Waals surface area contributed by atoms with Crippen molar-refractivity contribution in [2.75, 3.05) is 20.2 Å². The summed E-state index contributed by atoms with van der Waals surface area (Å²) in [6.45, 7) is 1.21. The maximum absolute atomic E-state index is 12.8. The molecule has 1 amide bonds. The Morgan fingerprint density at radius 2 is 2.00 bits per heavy atom. The van der Waals surface area contributed by atoms with Crippen molar-refractivity contribution < 1.29 is 9.53 Å². The van der Waals surface area contributed by atoms with Gasteiger partial charge in [-0.25, -0.2) is 0 Å². The van der Waals surface area contributed by atoms with Gasteiger partial charge in [-0.15, -0.1) is 12.4 Å². The Kier molecular flexibility index (Phi) is 6.60. The summed E-state index contributed by atoms with van der Waals surface area (Å²) in [7, 11) is 1.73. The second-order valence-electron chi connectivity index (χ2n) is 6.17. The third-order valence-corrected chi connectivity index (χ3v) is 4.82. The van der Waals surface area contributed by atoms with Gasteiger partial charge in [-0.2, -0.15) is 0 Å². The van der Waals surface area contributed by atoms with Gasteiger partial charge >= 0.3 is 0 Å². The summed E-state index contributed by atoms with van der Waals surface area (Å²) in [5.41, 5.74) is 6.96. The number of hydrogen-bond donors (Lipinski definition) is 1. The minimum Gasteiger partial charge on any atom is -0.381 e. The highest BCUT2D eigenvalue weighted by Crippen LogP contribution is 2.23. The normalized spacial score (nSPS) is 20.7. The summed E-state index contributed by atoms with van der Waals surface area (Å²) < 4.78 is 5.43. The van der Waals surface area contributed by atoms with Crippen molar-refractivity contribution in [1.82, 2.24) is 4.90 Å². The largest absolute Gasteiger partial charge is 0.381 e. The summed E-state index contributed by atoms with van der Waals surface area (Å²) >= 11 is 0. The number of hydrogen-bond acceptors (Lipinski definition) is 3. The smallest absolute Gasteiger partial charge is 0.227 e. The molecule has 0 radical (unpaired) electrons. The zero-order chi connectivity index (χ0) is 16.2. The third-order valence-electron chi connectivity index (χ3n) is 4.82. The number of piperidine rings is 1. The van der Waals surface area contributed by atoms with Gasteiger partial charge in [0.05, 0.1) is 12.5 Å². The maximum atomic E-state index is 12.8. The van der Waals surface area contributed by atoms with Crippen molar-refractivity contribution >= 4 is 29.1 Å². The summed E-state index contributed by atoms with van der Waals surface area (Å²) in [6, 6.07) is 14.4. The molecule has 2 atom stereocenters. The molecule has 2 aromatic carbocycles. The highest BCUT2D eigenvalue weighted by Gasteiger charge is 2.30. The van der Waals surface area contributed by atoms with Crippen molar-refractivity contribution in [3.05, 3.63) is 48.0 Å². The molecule has 0 saturated carbocycles. The van der Waals surface area contributed by atoms with Crippen LogP contribution >= 0.6 is 12.4 Å². The van der Waals surface area contributed by atoms with Gasteiger partial charge in [0.25, 0.3) is 0 Å². The molecule has 2 N–H and O–H groups in total. The minimum atomic E-state index is 0. The van der Waals surface area contributed by atoms with E-state index in [-0.39, 0.29) is 30.5 Å². The number of benzene rings is 2. The first-order valence-electron chi connectivity index (χ1n) is 8.22. The molecule has 130 valence electrons. The van der Waals surface area contributed by atoms with Crippen LogP contribution in [0.15, 0.2) is 42.5 Å². The van der Waals surface area contributed by atoms with Crippen LogP contribution in [0, 0.1) is 0 Å². The lowest BCUT2D eigenvalue weighted by Gasteiger charge is -2.38. The molecule has 3 rings (SSSR count). The Hall–Kier alpha value is -1.62. The molecule has 1 heterocycles. The van der Waals surface area contributed by atoms with Gasteiger partial charge in [0.15, 0.2) is 0 Å². The Morgan fingerprint density at radius 1 is 1.25 bits per heavy atom. The van der Waals surface area contributed by atoms with Crippen LogP contribution in [0.2, 0.25) is 0 Å². The number of rotatable bonds is 4. The average molecular weight is 349 g/mol. The van der Waals surface area contributed by atoms with E-state index in [0.29, 0.717) is 13.0 Å². The van der Waals surface area contributed by atoms with Crippen LogP contribution in [0.1, 0.15) is 18.4 Å². The van der Waals surface area contributed by atoms with E-state index in [0.717, 1.165) is 30.3 Å². The number of amides is 1. The minimum absolute atomic E-state index is 0. The first kappa shape index (κ1) is 18.7. The predicted molar refractivity (Wildman–Crippen MR) is 99.5 cm³/mol. The van der Waals surface area contributed by atoms with Gasteiger partial charge in [0, 0.05) is 26.2 Å². The molecule has 2 aromatic rings. The highest BCUT2D eigenvalue weighted by molar-refractivity contribution is 5.90. The van der Waals surface area contributed by atoms with Gasteiger partial charge in [-0.05, 0) is 29.2 Å². The fourth-order valence-corrected chi connectivity index (χ4v) is 3.49. The average Bonchev–Trinajstić information content (AvgIpc) is 2.61. The number of nitrogens with two attached hydrogens (primary N) is 1. The zero-order valence-corrected chi connectivity index (χ0v) is 14.8. The molecule has 0 spiro atoms. The Balaban J connectivity index is 0.00000208. The molecule has 2 unspecified atom stereocenters. The first-order chi connectivity index (χ1) is 11.2. The van der Waals surface area contributed by atoms with E-state index in [2.05, 4.69) is 18.2 Å². The number of methoxy groups -OCH3 is 1. The van der Waals surface area contributed by atoms with Crippen LogP contribution < -0.4 is 5.73 Å². The van der Waals surface area contributed by atoms with Crippen molar-refractivity contribution in [2.45, 2.75) is 31.4 Å². The quantitative estimate of drug-likeness (QED) is 0.924. The SMILES string of the molecule is COC1CCN(C(=O)Cc2cccc3ccccc23)C(CN)C1.Cl. The number of fused-ring (bicyclic) bond motifs is 1. The fourth-order valence-electron chi connectivity index (χ4n) is 3.49. The van der Waals surface area contributed by atoms with Crippen LogP contribution in [0.3, 0.4) is 0 Å². The van der Waals surface area contributed by atoms with E-state index < -0.39 is 0 Å². The van der Waals surface area contributed by atoms with Crippen molar-refractivity contribution in [3.8, 4) is 0 Å². The molecule has 1 aliphatic rings. The standard InChI is InChI=1S/C19H24N2O2.ClH/c1-23-17-9-10-21(16(12-17)13-20)19(22)11-15-7-4-6-14-5-2-3-8-18(14)15;/h2-8,16-17H,9-13,20H2,1H3;1H.